The van der Waals surface area contributed by atoms with E-state index in [-0.39, 0.29) is 24.0 Å². The quantitative estimate of drug-likeness (QED) is 0.214. The predicted octanol–water partition coefficient (Wildman–Crippen LogP) is 4.30. The van der Waals surface area contributed by atoms with Crippen molar-refractivity contribution >= 4 is 45.9 Å². The Hall–Kier alpha value is -0.380. The number of hydrogen-bond donors (Lipinski definition) is 1. The Morgan fingerprint density at radius 2 is 2.00 bits per heavy atom. The van der Waals surface area contributed by atoms with E-state index in [1.165, 1.54) is 5.56 Å². The molecule has 2 rings (SSSR count). The minimum Gasteiger partial charge on any atom is -0.381 e. The molecule has 1 aliphatic heterocycles. The van der Waals surface area contributed by atoms with Crippen molar-refractivity contribution in [1.82, 2.24) is 10.2 Å². The molecule has 0 aliphatic carbocycles. The van der Waals surface area contributed by atoms with E-state index in [4.69, 9.17) is 14.5 Å². The summed E-state index contributed by atoms with van der Waals surface area (Å²) < 4.78 is 12.3. The third kappa shape index (κ3) is 10.1. The molecule has 154 valence electrons. The summed E-state index contributed by atoms with van der Waals surface area (Å²) in [5.41, 5.74) is 1.26. The Balaban J connectivity index is 0.00000364. The topological polar surface area (TPSA) is 46.1 Å². The van der Waals surface area contributed by atoms with Gasteiger partial charge in [-0.1, -0.05) is 28.1 Å². The first kappa shape index (κ1) is 24.7. The Kier molecular flexibility index (Phi) is 13.3. The minimum atomic E-state index is 0. The molecule has 1 aromatic rings. The highest BCUT2D eigenvalue weighted by Gasteiger charge is 2.13. The largest absolute Gasteiger partial charge is 0.381 e. The van der Waals surface area contributed by atoms with Gasteiger partial charge in [0.25, 0.3) is 0 Å². The number of rotatable bonds is 9. The van der Waals surface area contributed by atoms with Gasteiger partial charge in [-0.05, 0) is 49.8 Å². The maximum absolute atomic E-state index is 5.82. The lowest BCUT2D eigenvalue weighted by Gasteiger charge is -2.22. The van der Waals surface area contributed by atoms with Gasteiger partial charge < -0.3 is 19.7 Å². The summed E-state index contributed by atoms with van der Waals surface area (Å²) in [6, 6.07) is 8.41. The second-order valence-electron chi connectivity index (χ2n) is 6.70. The molecule has 0 atom stereocenters. The maximum Gasteiger partial charge on any atom is 0.193 e. The molecule has 0 aromatic heterocycles. The fourth-order valence-corrected chi connectivity index (χ4v) is 3.19. The normalized spacial score (nSPS) is 15.3. The summed E-state index contributed by atoms with van der Waals surface area (Å²) in [4.78, 5) is 6.90. The van der Waals surface area contributed by atoms with Crippen LogP contribution in [0.3, 0.4) is 0 Å². The highest BCUT2D eigenvalue weighted by Crippen LogP contribution is 2.15. The lowest BCUT2D eigenvalue weighted by Crippen LogP contribution is -2.38. The fraction of sp³-hybridized carbons (Fsp3) is 0.650. The Morgan fingerprint density at radius 3 is 2.67 bits per heavy atom. The third-order valence-corrected chi connectivity index (χ3v) is 4.96. The molecule has 1 N–H and O–H groups in total. The predicted molar refractivity (Wildman–Crippen MR) is 126 cm³/mol. The summed E-state index contributed by atoms with van der Waals surface area (Å²) in [6.45, 7) is 7.97. The van der Waals surface area contributed by atoms with Crippen molar-refractivity contribution in [2.24, 2.45) is 10.9 Å². The van der Waals surface area contributed by atoms with Crippen LogP contribution >= 0.6 is 39.9 Å². The van der Waals surface area contributed by atoms with Crippen LogP contribution in [0.15, 0.2) is 33.7 Å². The molecule has 1 saturated heterocycles. The number of guanidine groups is 1. The number of aliphatic imine (C=N–C) groups is 1. The standard InChI is InChI=1S/C20H32BrN3O2.HI/c1-3-22-20(24(2)15-17-5-7-19(21)8-6-17)23-11-4-12-26-16-18-9-13-25-14-10-18;/h5-8,18H,3-4,9-16H2,1-2H3,(H,22,23);1H. The van der Waals surface area contributed by atoms with E-state index < -0.39 is 0 Å². The molecule has 5 nitrogen and oxygen atoms in total. The molecule has 0 spiro atoms. The smallest absolute Gasteiger partial charge is 0.193 e. The van der Waals surface area contributed by atoms with Gasteiger partial charge in [-0.3, -0.25) is 4.99 Å². The summed E-state index contributed by atoms with van der Waals surface area (Å²) in [5.74, 6) is 1.61. The fourth-order valence-electron chi connectivity index (χ4n) is 2.92. The lowest BCUT2D eigenvalue weighted by molar-refractivity contribution is 0.0205. The Morgan fingerprint density at radius 1 is 1.30 bits per heavy atom. The van der Waals surface area contributed by atoms with Gasteiger partial charge in [-0.25, -0.2) is 0 Å². The maximum atomic E-state index is 5.82. The van der Waals surface area contributed by atoms with Crippen LogP contribution in [-0.4, -0.2) is 57.4 Å². The first-order valence-electron chi connectivity index (χ1n) is 9.58. The molecule has 0 radical (unpaired) electrons. The van der Waals surface area contributed by atoms with Gasteiger partial charge in [0.05, 0.1) is 0 Å². The number of halogens is 2. The molecule has 1 heterocycles. The average molecular weight is 554 g/mol. The van der Waals surface area contributed by atoms with E-state index in [1.54, 1.807) is 0 Å². The summed E-state index contributed by atoms with van der Waals surface area (Å²) in [7, 11) is 2.07. The Bertz CT molecular complexity index is 537. The number of benzene rings is 1. The van der Waals surface area contributed by atoms with Crippen molar-refractivity contribution in [3.8, 4) is 0 Å². The highest BCUT2D eigenvalue weighted by atomic mass is 127. The number of hydrogen-bond acceptors (Lipinski definition) is 3. The van der Waals surface area contributed by atoms with E-state index in [2.05, 4.69) is 64.4 Å². The molecular weight excluding hydrogens is 521 g/mol. The van der Waals surface area contributed by atoms with Gasteiger partial charge in [0.1, 0.15) is 0 Å². The van der Waals surface area contributed by atoms with Gasteiger partial charge in [0.2, 0.25) is 0 Å². The third-order valence-electron chi connectivity index (χ3n) is 4.43. The van der Waals surface area contributed by atoms with Crippen LogP contribution in [0, 0.1) is 5.92 Å². The minimum absolute atomic E-state index is 0. The van der Waals surface area contributed by atoms with Crippen LogP contribution in [0.1, 0.15) is 31.7 Å². The first-order valence-corrected chi connectivity index (χ1v) is 10.4. The van der Waals surface area contributed by atoms with Crippen molar-refractivity contribution < 1.29 is 9.47 Å². The zero-order valence-corrected chi connectivity index (χ0v) is 20.4. The van der Waals surface area contributed by atoms with Gasteiger partial charge in [-0.2, -0.15) is 0 Å². The molecule has 27 heavy (non-hydrogen) atoms. The highest BCUT2D eigenvalue weighted by molar-refractivity contribution is 14.0. The SMILES string of the molecule is CCNC(=NCCCOCC1CCOCC1)N(C)Cc1ccc(Br)cc1.I. The first-order chi connectivity index (χ1) is 12.7. The van der Waals surface area contributed by atoms with E-state index >= 15 is 0 Å². The summed E-state index contributed by atoms with van der Waals surface area (Å²) >= 11 is 3.48. The van der Waals surface area contributed by atoms with Crippen LogP contribution < -0.4 is 5.32 Å². The zero-order valence-electron chi connectivity index (χ0n) is 16.5. The van der Waals surface area contributed by atoms with Crippen LogP contribution in [0.2, 0.25) is 0 Å². The van der Waals surface area contributed by atoms with Crippen LogP contribution in [0.25, 0.3) is 0 Å². The summed E-state index contributed by atoms with van der Waals surface area (Å²) in [5, 5.41) is 3.37. The summed E-state index contributed by atoms with van der Waals surface area (Å²) in [6.07, 6.45) is 3.21. The molecule has 0 bridgehead atoms. The number of nitrogens with one attached hydrogen (secondary N) is 1. The molecule has 1 aliphatic rings. The van der Waals surface area contributed by atoms with Crippen molar-refractivity contribution in [1.29, 1.82) is 0 Å². The van der Waals surface area contributed by atoms with Crippen molar-refractivity contribution in [2.75, 3.05) is 46.6 Å². The second-order valence-corrected chi connectivity index (χ2v) is 7.62. The Labute approximate surface area is 189 Å². The zero-order chi connectivity index (χ0) is 18.6. The van der Waals surface area contributed by atoms with Crippen LogP contribution in [-0.2, 0) is 16.0 Å². The van der Waals surface area contributed by atoms with Crippen LogP contribution in [0.4, 0.5) is 0 Å². The second kappa shape index (κ2) is 14.6. The van der Waals surface area contributed by atoms with Crippen LogP contribution in [0.5, 0.6) is 0 Å². The van der Waals surface area contributed by atoms with E-state index in [9.17, 15) is 0 Å². The monoisotopic (exact) mass is 553 g/mol. The van der Waals surface area contributed by atoms with Crippen molar-refractivity contribution in [3.63, 3.8) is 0 Å². The van der Waals surface area contributed by atoms with E-state index in [1.807, 2.05) is 0 Å². The van der Waals surface area contributed by atoms with Gasteiger partial charge >= 0.3 is 0 Å². The lowest BCUT2D eigenvalue weighted by atomic mass is 10.0. The van der Waals surface area contributed by atoms with Crippen molar-refractivity contribution in [3.05, 3.63) is 34.3 Å². The van der Waals surface area contributed by atoms with Gasteiger partial charge in [-0.15, -0.1) is 24.0 Å². The van der Waals surface area contributed by atoms with Crippen molar-refractivity contribution in [2.45, 2.75) is 32.7 Å². The molecule has 0 saturated carbocycles. The van der Waals surface area contributed by atoms with E-state index in [0.29, 0.717) is 5.92 Å². The molecule has 1 aromatic carbocycles. The van der Waals surface area contributed by atoms with Gasteiger partial charge in [0, 0.05) is 57.6 Å². The molecule has 1 fully saturated rings. The van der Waals surface area contributed by atoms with Gasteiger partial charge in [0.15, 0.2) is 5.96 Å². The average Bonchev–Trinajstić information content (AvgIpc) is 2.66. The molecular formula is C20H33BrIN3O2. The number of ether oxygens (including phenoxy) is 2. The molecule has 0 unspecified atom stereocenters. The van der Waals surface area contributed by atoms with E-state index in [0.717, 1.165) is 75.8 Å². The molecule has 0 amide bonds. The molecule has 7 heteroatoms. The number of nitrogens with zero attached hydrogens (tertiary/aromatic N) is 2.